The summed E-state index contributed by atoms with van der Waals surface area (Å²) in [4.78, 5) is 25.5. The Hall–Kier alpha value is -1.73. The predicted octanol–water partition coefficient (Wildman–Crippen LogP) is 0.974. The standard InChI is InChI=1S/C17H26N4O3/c1-13-18-15(10-16(19-13)20-6-8-24-9-7-20)14-4-3-5-21(11-14)17(22)12-23-2/h10,14H,3-9,11-12H2,1-2H3/t14-/m0/s1. The predicted molar refractivity (Wildman–Crippen MR) is 90.2 cm³/mol. The summed E-state index contributed by atoms with van der Waals surface area (Å²) in [5, 5.41) is 0. The molecule has 0 spiro atoms. The van der Waals surface area contributed by atoms with Crippen molar-refractivity contribution in [2.24, 2.45) is 0 Å². The van der Waals surface area contributed by atoms with Crippen LogP contribution in [-0.4, -0.2) is 73.9 Å². The van der Waals surface area contributed by atoms with Crippen molar-refractivity contribution in [1.82, 2.24) is 14.9 Å². The van der Waals surface area contributed by atoms with Crippen LogP contribution < -0.4 is 4.90 Å². The zero-order chi connectivity index (χ0) is 16.9. The van der Waals surface area contributed by atoms with Crippen molar-refractivity contribution < 1.29 is 14.3 Å². The average molecular weight is 334 g/mol. The zero-order valence-electron chi connectivity index (χ0n) is 14.5. The van der Waals surface area contributed by atoms with Crippen LogP contribution in [0.1, 0.15) is 30.3 Å². The van der Waals surface area contributed by atoms with Gasteiger partial charge in [-0.15, -0.1) is 0 Å². The zero-order valence-corrected chi connectivity index (χ0v) is 14.5. The number of likely N-dealkylation sites (tertiary alicyclic amines) is 1. The maximum atomic E-state index is 12.1. The number of amides is 1. The molecule has 0 radical (unpaired) electrons. The lowest BCUT2D eigenvalue weighted by Gasteiger charge is -2.33. The number of nitrogens with zero attached hydrogens (tertiary/aromatic N) is 4. The van der Waals surface area contributed by atoms with Gasteiger partial charge in [0, 0.05) is 45.3 Å². The number of rotatable bonds is 4. The van der Waals surface area contributed by atoms with E-state index >= 15 is 0 Å². The van der Waals surface area contributed by atoms with Gasteiger partial charge in [0.2, 0.25) is 5.91 Å². The highest BCUT2D eigenvalue weighted by atomic mass is 16.5. The molecule has 0 unspecified atom stereocenters. The minimum absolute atomic E-state index is 0.0568. The van der Waals surface area contributed by atoms with Crippen LogP contribution >= 0.6 is 0 Å². The van der Waals surface area contributed by atoms with Crippen molar-refractivity contribution in [1.29, 1.82) is 0 Å². The number of aryl methyl sites for hydroxylation is 1. The monoisotopic (exact) mass is 334 g/mol. The van der Waals surface area contributed by atoms with Crippen LogP contribution in [0.15, 0.2) is 6.07 Å². The molecule has 2 fully saturated rings. The number of carbonyl (C=O) groups is 1. The van der Waals surface area contributed by atoms with Crippen molar-refractivity contribution in [3.63, 3.8) is 0 Å². The molecule has 1 amide bonds. The Morgan fingerprint density at radius 3 is 2.88 bits per heavy atom. The molecule has 2 saturated heterocycles. The van der Waals surface area contributed by atoms with Crippen molar-refractivity contribution in [3.05, 3.63) is 17.6 Å². The van der Waals surface area contributed by atoms with E-state index in [4.69, 9.17) is 9.47 Å². The summed E-state index contributed by atoms with van der Waals surface area (Å²) >= 11 is 0. The van der Waals surface area contributed by atoms with Crippen molar-refractivity contribution in [2.75, 3.05) is 58.0 Å². The van der Waals surface area contributed by atoms with E-state index in [1.54, 1.807) is 7.11 Å². The lowest BCUT2D eigenvalue weighted by atomic mass is 9.94. The molecule has 3 heterocycles. The van der Waals surface area contributed by atoms with Crippen molar-refractivity contribution in [3.8, 4) is 0 Å². The SMILES string of the molecule is COCC(=O)N1CCC[C@H](c2cc(N3CCOCC3)nc(C)n2)C1. The Bertz CT molecular complexity index is 575. The van der Waals surface area contributed by atoms with E-state index in [1.165, 1.54) is 0 Å². The van der Waals surface area contributed by atoms with Crippen LogP contribution in [0.25, 0.3) is 0 Å². The first-order valence-electron chi connectivity index (χ1n) is 8.62. The molecule has 0 aromatic carbocycles. The summed E-state index contributed by atoms with van der Waals surface area (Å²) in [6.45, 7) is 6.79. The number of anilines is 1. The Labute approximate surface area is 143 Å². The van der Waals surface area contributed by atoms with Gasteiger partial charge in [-0.1, -0.05) is 0 Å². The number of aromatic nitrogens is 2. The molecule has 132 valence electrons. The summed E-state index contributed by atoms with van der Waals surface area (Å²) in [6.07, 6.45) is 2.05. The van der Waals surface area contributed by atoms with Crippen molar-refractivity contribution >= 4 is 11.7 Å². The molecule has 1 atom stereocenters. The van der Waals surface area contributed by atoms with Crippen LogP contribution in [0.3, 0.4) is 0 Å². The number of hydrogen-bond acceptors (Lipinski definition) is 6. The lowest BCUT2D eigenvalue weighted by molar-refractivity contribution is -0.136. The number of carbonyl (C=O) groups excluding carboxylic acids is 1. The normalized spacial score (nSPS) is 21.8. The maximum absolute atomic E-state index is 12.1. The number of hydrogen-bond donors (Lipinski definition) is 0. The van der Waals surface area contributed by atoms with Crippen LogP contribution in [0.2, 0.25) is 0 Å². The van der Waals surface area contributed by atoms with Crippen LogP contribution in [0, 0.1) is 6.92 Å². The Morgan fingerprint density at radius 2 is 2.12 bits per heavy atom. The summed E-state index contributed by atoms with van der Waals surface area (Å²) in [5.74, 6) is 2.08. The third-order valence-corrected chi connectivity index (χ3v) is 4.64. The highest BCUT2D eigenvalue weighted by molar-refractivity contribution is 5.77. The highest BCUT2D eigenvalue weighted by Crippen LogP contribution is 2.28. The summed E-state index contributed by atoms with van der Waals surface area (Å²) in [6, 6.07) is 2.09. The van der Waals surface area contributed by atoms with E-state index in [-0.39, 0.29) is 18.4 Å². The minimum Gasteiger partial charge on any atom is -0.378 e. The van der Waals surface area contributed by atoms with E-state index in [2.05, 4.69) is 20.9 Å². The smallest absolute Gasteiger partial charge is 0.248 e. The first-order chi connectivity index (χ1) is 11.7. The molecular weight excluding hydrogens is 308 g/mol. The summed E-state index contributed by atoms with van der Waals surface area (Å²) in [5.41, 5.74) is 1.04. The summed E-state index contributed by atoms with van der Waals surface area (Å²) in [7, 11) is 1.56. The Morgan fingerprint density at radius 1 is 1.33 bits per heavy atom. The van der Waals surface area contributed by atoms with Gasteiger partial charge in [0.1, 0.15) is 18.2 Å². The third kappa shape index (κ3) is 4.02. The fourth-order valence-corrected chi connectivity index (χ4v) is 3.40. The lowest BCUT2D eigenvalue weighted by Crippen LogP contribution is -2.41. The molecule has 7 nitrogen and oxygen atoms in total. The van der Waals surface area contributed by atoms with Crippen LogP contribution in [0.5, 0.6) is 0 Å². The van der Waals surface area contributed by atoms with E-state index in [9.17, 15) is 4.79 Å². The van der Waals surface area contributed by atoms with Gasteiger partial charge in [-0.2, -0.15) is 0 Å². The number of ether oxygens (including phenoxy) is 2. The molecule has 0 aliphatic carbocycles. The fraction of sp³-hybridized carbons (Fsp3) is 0.706. The number of morpholine rings is 1. The molecular formula is C17H26N4O3. The topological polar surface area (TPSA) is 67.8 Å². The van der Waals surface area contributed by atoms with E-state index in [0.717, 1.165) is 63.0 Å². The molecule has 2 aliphatic rings. The molecule has 1 aromatic rings. The van der Waals surface area contributed by atoms with Crippen LogP contribution in [-0.2, 0) is 14.3 Å². The third-order valence-electron chi connectivity index (χ3n) is 4.64. The molecule has 3 rings (SSSR count). The van der Waals surface area contributed by atoms with E-state index < -0.39 is 0 Å². The van der Waals surface area contributed by atoms with Gasteiger partial charge >= 0.3 is 0 Å². The second kappa shape index (κ2) is 7.90. The van der Waals surface area contributed by atoms with Gasteiger partial charge in [-0.25, -0.2) is 9.97 Å². The van der Waals surface area contributed by atoms with Gasteiger partial charge in [0.25, 0.3) is 0 Å². The van der Waals surface area contributed by atoms with Crippen LogP contribution in [0.4, 0.5) is 5.82 Å². The average Bonchev–Trinajstić information content (AvgIpc) is 2.62. The first-order valence-corrected chi connectivity index (χ1v) is 8.62. The molecule has 24 heavy (non-hydrogen) atoms. The molecule has 0 saturated carbocycles. The maximum Gasteiger partial charge on any atom is 0.248 e. The van der Waals surface area contributed by atoms with Gasteiger partial charge in [-0.3, -0.25) is 4.79 Å². The molecule has 7 heteroatoms. The van der Waals surface area contributed by atoms with Gasteiger partial charge in [0.15, 0.2) is 0 Å². The highest BCUT2D eigenvalue weighted by Gasteiger charge is 2.26. The second-order valence-corrected chi connectivity index (χ2v) is 6.41. The minimum atomic E-state index is 0.0568. The van der Waals surface area contributed by atoms with Crippen molar-refractivity contribution in [2.45, 2.75) is 25.7 Å². The largest absolute Gasteiger partial charge is 0.378 e. The Balaban J connectivity index is 1.75. The van der Waals surface area contributed by atoms with Gasteiger partial charge in [-0.05, 0) is 19.8 Å². The Kier molecular flexibility index (Phi) is 5.63. The molecule has 0 bridgehead atoms. The first kappa shape index (κ1) is 17.1. The van der Waals surface area contributed by atoms with Gasteiger partial charge < -0.3 is 19.3 Å². The van der Waals surface area contributed by atoms with E-state index in [0.29, 0.717) is 6.54 Å². The van der Waals surface area contributed by atoms with Gasteiger partial charge in [0.05, 0.1) is 18.9 Å². The summed E-state index contributed by atoms with van der Waals surface area (Å²) < 4.78 is 10.4. The fourth-order valence-electron chi connectivity index (χ4n) is 3.40. The second-order valence-electron chi connectivity index (χ2n) is 6.41. The number of methoxy groups -OCH3 is 1. The quantitative estimate of drug-likeness (QED) is 0.817. The number of piperidine rings is 1. The molecule has 2 aliphatic heterocycles. The molecule has 0 N–H and O–H groups in total. The van der Waals surface area contributed by atoms with E-state index in [1.807, 2.05) is 11.8 Å². The molecule has 1 aromatic heterocycles.